The molecule has 1 amide bonds. The fourth-order valence-electron chi connectivity index (χ4n) is 0.929. The molecule has 0 bridgehead atoms. The third-order valence-electron chi connectivity index (χ3n) is 1.51. The molecule has 0 aliphatic heterocycles. The first kappa shape index (κ1) is 11.9. The first-order chi connectivity index (χ1) is 6.91. The van der Waals surface area contributed by atoms with Crippen LogP contribution in [0.4, 0.5) is 5.69 Å². The van der Waals surface area contributed by atoms with Gasteiger partial charge in [0.1, 0.15) is 4.88 Å². The molecule has 0 aromatic carbocycles. The topological polar surface area (TPSA) is 72.2 Å². The molecule has 5 nitrogen and oxygen atoms in total. The van der Waals surface area contributed by atoms with Crippen molar-refractivity contribution in [1.29, 1.82) is 0 Å². The number of carbonyl (C=O) groups excluding carboxylic acids is 1. The van der Waals surface area contributed by atoms with Crippen molar-refractivity contribution in [2.45, 2.75) is 19.9 Å². The lowest BCUT2D eigenvalue weighted by molar-refractivity contribution is -0.384. The van der Waals surface area contributed by atoms with Crippen LogP contribution in [0.25, 0.3) is 0 Å². The van der Waals surface area contributed by atoms with Gasteiger partial charge in [0.25, 0.3) is 11.6 Å². The molecule has 15 heavy (non-hydrogen) atoms. The maximum absolute atomic E-state index is 11.5. The van der Waals surface area contributed by atoms with E-state index in [-0.39, 0.29) is 26.8 Å². The Hall–Kier alpha value is -1.14. The zero-order chi connectivity index (χ0) is 11.6. The van der Waals surface area contributed by atoms with Crippen LogP contribution in [0.5, 0.6) is 0 Å². The van der Waals surface area contributed by atoms with Crippen molar-refractivity contribution in [2.75, 3.05) is 0 Å². The quantitative estimate of drug-likeness (QED) is 0.660. The van der Waals surface area contributed by atoms with E-state index in [1.807, 2.05) is 13.8 Å². The first-order valence-corrected chi connectivity index (χ1v) is 5.36. The van der Waals surface area contributed by atoms with E-state index in [9.17, 15) is 14.9 Å². The van der Waals surface area contributed by atoms with E-state index < -0.39 is 4.92 Å². The number of halogens is 1. The van der Waals surface area contributed by atoms with Gasteiger partial charge in [-0.05, 0) is 13.8 Å². The normalized spacial score (nSPS) is 10.4. The Morgan fingerprint density at radius 3 is 2.67 bits per heavy atom. The highest BCUT2D eigenvalue weighted by molar-refractivity contribution is 7.18. The lowest BCUT2D eigenvalue weighted by atomic mass is 10.3. The summed E-state index contributed by atoms with van der Waals surface area (Å²) in [5, 5.41) is 13.1. The molecular weight excluding hydrogens is 240 g/mol. The number of hydrogen-bond donors (Lipinski definition) is 1. The van der Waals surface area contributed by atoms with Crippen molar-refractivity contribution in [3.05, 3.63) is 25.4 Å². The molecule has 1 aromatic heterocycles. The van der Waals surface area contributed by atoms with Crippen LogP contribution in [-0.4, -0.2) is 16.9 Å². The molecule has 1 rings (SSSR count). The number of carbonyl (C=O) groups is 1. The van der Waals surface area contributed by atoms with Crippen molar-refractivity contribution in [2.24, 2.45) is 0 Å². The Morgan fingerprint density at radius 2 is 2.27 bits per heavy atom. The molecule has 0 radical (unpaired) electrons. The van der Waals surface area contributed by atoms with E-state index >= 15 is 0 Å². The average Bonchev–Trinajstić information content (AvgIpc) is 2.46. The molecule has 0 aliphatic carbocycles. The molecule has 0 atom stereocenters. The number of nitrogens with one attached hydrogen (secondary N) is 1. The molecule has 0 unspecified atom stereocenters. The molecule has 0 fully saturated rings. The highest BCUT2D eigenvalue weighted by Gasteiger charge is 2.21. The Kier molecular flexibility index (Phi) is 3.65. The van der Waals surface area contributed by atoms with Crippen LogP contribution in [0.2, 0.25) is 4.34 Å². The van der Waals surface area contributed by atoms with Crippen LogP contribution >= 0.6 is 22.9 Å². The molecule has 82 valence electrons. The number of hydrogen-bond acceptors (Lipinski definition) is 4. The number of thiophene rings is 1. The third kappa shape index (κ3) is 2.90. The lowest BCUT2D eigenvalue weighted by Crippen LogP contribution is -2.29. The van der Waals surface area contributed by atoms with Gasteiger partial charge in [-0.2, -0.15) is 0 Å². The summed E-state index contributed by atoms with van der Waals surface area (Å²) in [6.07, 6.45) is 0. The summed E-state index contributed by atoms with van der Waals surface area (Å²) in [6.45, 7) is 3.61. The number of nitrogens with zero attached hydrogens (tertiary/aromatic N) is 1. The molecule has 0 spiro atoms. The van der Waals surface area contributed by atoms with Gasteiger partial charge in [0.05, 0.1) is 4.92 Å². The van der Waals surface area contributed by atoms with Crippen molar-refractivity contribution in [3.8, 4) is 0 Å². The summed E-state index contributed by atoms with van der Waals surface area (Å²) in [5.74, 6) is -0.343. The molecule has 1 heterocycles. The highest BCUT2D eigenvalue weighted by Crippen LogP contribution is 2.33. The number of amides is 1. The smallest absolute Gasteiger partial charge is 0.299 e. The monoisotopic (exact) mass is 248 g/mol. The Labute approximate surface area is 95.2 Å². The Morgan fingerprint density at radius 1 is 1.67 bits per heavy atom. The molecule has 1 N–H and O–H groups in total. The summed E-state index contributed by atoms with van der Waals surface area (Å²) in [4.78, 5) is 21.6. The highest BCUT2D eigenvalue weighted by atomic mass is 35.5. The van der Waals surface area contributed by atoms with Gasteiger partial charge < -0.3 is 5.32 Å². The molecule has 0 saturated carbocycles. The molecule has 1 aromatic rings. The second kappa shape index (κ2) is 4.59. The average molecular weight is 249 g/mol. The maximum Gasteiger partial charge on any atom is 0.299 e. The van der Waals surface area contributed by atoms with E-state index in [2.05, 4.69) is 5.32 Å². The summed E-state index contributed by atoms with van der Waals surface area (Å²) < 4.78 is 0.0221. The van der Waals surface area contributed by atoms with Gasteiger partial charge in [-0.15, -0.1) is 11.3 Å². The van der Waals surface area contributed by atoms with E-state index in [4.69, 9.17) is 11.6 Å². The van der Waals surface area contributed by atoms with E-state index in [0.717, 1.165) is 11.3 Å². The molecule has 0 saturated heterocycles. The standard InChI is InChI=1S/C8H9ClN2O3S/c1-4(2)10-8(12)6-3-5(11(13)14)7(9)15-6/h3-4H,1-2H3,(H,10,12). The SMILES string of the molecule is CC(C)NC(=O)c1cc([N+](=O)[O-])c(Cl)s1. The summed E-state index contributed by atoms with van der Waals surface area (Å²) in [6, 6.07) is 1.17. The Balaban J connectivity index is 2.92. The third-order valence-corrected chi connectivity index (χ3v) is 2.85. The predicted molar refractivity (Wildman–Crippen MR) is 58.6 cm³/mol. The second-order valence-electron chi connectivity index (χ2n) is 3.15. The van der Waals surface area contributed by atoms with Crippen LogP contribution in [-0.2, 0) is 0 Å². The molecular formula is C8H9ClN2O3S. The van der Waals surface area contributed by atoms with Crippen molar-refractivity contribution >= 4 is 34.5 Å². The lowest BCUT2D eigenvalue weighted by Gasteiger charge is -2.05. The Bertz CT molecular complexity index is 403. The van der Waals surface area contributed by atoms with Gasteiger partial charge in [-0.1, -0.05) is 11.6 Å². The minimum Gasteiger partial charge on any atom is -0.349 e. The van der Waals surface area contributed by atoms with E-state index in [0.29, 0.717) is 0 Å². The van der Waals surface area contributed by atoms with Crippen LogP contribution in [0, 0.1) is 10.1 Å². The number of nitro groups is 1. The fraction of sp³-hybridized carbons (Fsp3) is 0.375. The predicted octanol–water partition coefficient (Wildman–Crippen LogP) is 2.45. The van der Waals surface area contributed by atoms with Crippen molar-refractivity contribution in [3.63, 3.8) is 0 Å². The largest absolute Gasteiger partial charge is 0.349 e. The van der Waals surface area contributed by atoms with Gasteiger partial charge in [-0.3, -0.25) is 14.9 Å². The van der Waals surface area contributed by atoms with Crippen molar-refractivity contribution < 1.29 is 9.72 Å². The fourth-order valence-corrected chi connectivity index (χ4v) is 2.06. The van der Waals surface area contributed by atoms with Crippen molar-refractivity contribution in [1.82, 2.24) is 5.32 Å². The van der Waals surface area contributed by atoms with Gasteiger partial charge >= 0.3 is 0 Å². The van der Waals surface area contributed by atoms with Crippen LogP contribution in [0.3, 0.4) is 0 Å². The summed E-state index contributed by atoms with van der Waals surface area (Å²) in [7, 11) is 0. The van der Waals surface area contributed by atoms with Gasteiger partial charge in [0, 0.05) is 12.1 Å². The van der Waals surface area contributed by atoms with Gasteiger partial charge in [0.2, 0.25) is 0 Å². The first-order valence-electron chi connectivity index (χ1n) is 4.16. The second-order valence-corrected chi connectivity index (χ2v) is 4.81. The van der Waals surface area contributed by atoms with Gasteiger partial charge in [-0.25, -0.2) is 0 Å². The van der Waals surface area contributed by atoms with Crippen LogP contribution < -0.4 is 5.32 Å². The van der Waals surface area contributed by atoms with Gasteiger partial charge in [0.15, 0.2) is 4.34 Å². The van der Waals surface area contributed by atoms with E-state index in [1.54, 1.807) is 0 Å². The zero-order valence-electron chi connectivity index (χ0n) is 8.11. The summed E-state index contributed by atoms with van der Waals surface area (Å²) in [5.41, 5.74) is -0.226. The summed E-state index contributed by atoms with van der Waals surface area (Å²) >= 11 is 6.52. The van der Waals surface area contributed by atoms with Crippen LogP contribution in [0.1, 0.15) is 23.5 Å². The minimum absolute atomic E-state index is 0.0163. The molecule has 7 heteroatoms. The van der Waals surface area contributed by atoms with Crippen LogP contribution in [0.15, 0.2) is 6.07 Å². The molecule has 0 aliphatic rings. The van der Waals surface area contributed by atoms with E-state index in [1.165, 1.54) is 6.07 Å². The zero-order valence-corrected chi connectivity index (χ0v) is 9.69. The maximum atomic E-state index is 11.5. The number of rotatable bonds is 3. The minimum atomic E-state index is -0.606.